The van der Waals surface area contributed by atoms with Gasteiger partial charge in [0.05, 0.1) is 5.69 Å². The van der Waals surface area contributed by atoms with Crippen molar-refractivity contribution in [1.82, 2.24) is 5.32 Å². The number of nitrogens with one attached hydrogen (secondary N) is 1. The lowest BCUT2D eigenvalue weighted by Gasteiger charge is -2.30. The topological polar surface area (TPSA) is 15.3 Å². The third-order valence-corrected chi connectivity index (χ3v) is 3.30. The second kappa shape index (κ2) is 5.25. The highest BCUT2D eigenvalue weighted by atomic mass is 15.2. The second-order valence-corrected chi connectivity index (χ2v) is 4.81. The molecule has 1 aromatic rings. The van der Waals surface area contributed by atoms with E-state index in [1.807, 2.05) is 0 Å². The summed E-state index contributed by atoms with van der Waals surface area (Å²) in [6.07, 6.45) is 5.63. The summed E-state index contributed by atoms with van der Waals surface area (Å²) in [5, 5.41) is 3.36. The molecule has 0 aliphatic carbocycles. The fraction of sp³-hybridized carbons (Fsp3) is 0.467. The number of piperazine rings is 1. The van der Waals surface area contributed by atoms with E-state index in [0.717, 1.165) is 31.7 Å². The molecule has 2 rings (SSSR count). The maximum atomic E-state index is 5.63. The quantitative estimate of drug-likeness (QED) is 0.781. The standard InChI is InChI=1S/C15H20N2/c1-4-13-11-14(12(2)3)5-6-15(13)17-9-7-16-8-10-17/h1,5-6,11-12,16H,7-10H2,2-3H3. The molecule has 1 N–H and O–H groups in total. The Morgan fingerprint density at radius 3 is 2.59 bits per heavy atom. The lowest BCUT2D eigenvalue weighted by Crippen LogP contribution is -2.43. The molecule has 1 aliphatic rings. The summed E-state index contributed by atoms with van der Waals surface area (Å²) in [6.45, 7) is 8.54. The van der Waals surface area contributed by atoms with Crippen molar-refractivity contribution in [2.45, 2.75) is 19.8 Å². The van der Waals surface area contributed by atoms with Crippen LogP contribution in [0.1, 0.15) is 30.9 Å². The number of anilines is 1. The molecule has 1 aliphatic heterocycles. The molecule has 0 unspecified atom stereocenters. The van der Waals surface area contributed by atoms with Crippen LogP contribution < -0.4 is 10.2 Å². The predicted molar refractivity (Wildman–Crippen MR) is 73.5 cm³/mol. The fourth-order valence-corrected chi connectivity index (χ4v) is 2.21. The van der Waals surface area contributed by atoms with Crippen LogP contribution in [0.3, 0.4) is 0 Å². The van der Waals surface area contributed by atoms with Crippen LogP contribution in [0.2, 0.25) is 0 Å². The van der Waals surface area contributed by atoms with E-state index >= 15 is 0 Å². The van der Waals surface area contributed by atoms with Crippen molar-refractivity contribution in [3.63, 3.8) is 0 Å². The third kappa shape index (κ3) is 2.62. The molecule has 0 spiro atoms. The predicted octanol–water partition coefficient (Wildman–Crippen LogP) is 2.20. The highest BCUT2D eigenvalue weighted by Crippen LogP contribution is 2.25. The van der Waals surface area contributed by atoms with Gasteiger partial charge in [-0.15, -0.1) is 6.42 Å². The molecule has 2 nitrogen and oxygen atoms in total. The van der Waals surface area contributed by atoms with Crippen molar-refractivity contribution < 1.29 is 0 Å². The van der Waals surface area contributed by atoms with Gasteiger partial charge in [-0.05, 0) is 23.6 Å². The summed E-state index contributed by atoms with van der Waals surface area (Å²) in [6, 6.07) is 6.53. The largest absolute Gasteiger partial charge is 0.368 e. The molecule has 0 amide bonds. The maximum Gasteiger partial charge on any atom is 0.0526 e. The maximum absolute atomic E-state index is 5.63. The molecule has 1 heterocycles. The van der Waals surface area contributed by atoms with E-state index in [-0.39, 0.29) is 0 Å². The van der Waals surface area contributed by atoms with Gasteiger partial charge in [0.1, 0.15) is 0 Å². The van der Waals surface area contributed by atoms with E-state index in [1.165, 1.54) is 11.3 Å². The fourth-order valence-electron chi connectivity index (χ4n) is 2.21. The van der Waals surface area contributed by atoms with Crippen molar-refractivity contribution in [2.75, 3.05) is 31.1 Å². The molecular weight excluding hydrogens is 208 g/mol. The Bertz CT molecular complexity index is 423. The van der Waals surface area contributed by atoms with Gasteiger partial charge in [-0.25, -0.2) is 0 Å². The summed E-state index contributed by atoms with van der Waals surface area (Å²) in [4.78, 5) is 2.37. The van der Waals surface area contributed by atoms with Crippen LogP contribution in [0, 0.1) is 12.3 Å². The van der Waals surface area contributed by atoms with Gasteiger partial charge in [-0.1, -0.05) is 25.8 Å². The van der Waals surface area contributed by atoms with Crippen LogP contribution in [0.4, 0.5) is 5.69 Å². The molecule has 2 heteroatoms. The first-order valence-corrected chi connectivity index (χ1v) is 6.28. The summed E-state index contributed by atoms with van der Waals surface area (Å²) >= 11 is 0. The normalized spacial score (nSPS) is 16.0. The Hall–Kier alpha value is -1.46. The summed E-state index contributed by atoms with van der Waals surface area (Å²) in [7, 11) is 0. The number of rotatable bonds is 2. The monoisotopic (exact) mass is 228 g/mol. The second-order valence-electron chi connectivity index (χ2n) is 4.81. The van der Waals surface area contributed by atoms with Gasteiger partial charge in [0.15, 0.2) is 0 Å². The summed E-state index contributed by atoms with van der Waals surface area (Å²) < 4.78 is 0. The van der Waals surface area contributed by atoms with Gasteiger partial charge in [0.2, 0.25) is 0 Å². The molecular formula is C15H20N2. The average molecular weight is 228 g/mol. The van der Waals surface area contributed by atoms with Gasteiger partial charge in [0.25, 0.3) is 0 Å². The minimum atomic E-state index is 0.527. The number of nitrogens with zero attached hydrogens (tertiary/aromatic N) is 1. The zero-order valence-electron chi connectivity index (χ0n) is 10.7. The minimum absolute atomic E-state index is 0.527. The molecule has 90 valence electrons. The first kappa shape index (κ1) is 12.0. The van der Waals surface area contributed by atoms with Crippen LogP contribution >= 0.6 is 0 Å². The first-order chi connectivity index (χ1) is 8.22. The van der Waals surface area contributed by atoms with E-state index in [0.29, 0.717) is 5.92 Å². The molecule has 0 atom stereocenters. The lowest BCUT2D eigenvalue weighted by atomic mass is 9.99. The molecule has 0 saturated carbocycles. The Balaban J connectivity index is 2.30. The van der Waals surface area contributed by atoms with E-state index in [2.05, 4.69) is 48.2 Å². The molecule has 0 aromatic heterocycles. The Morgan fingerprint density at radius 1 is 1.29 bits per heavy atom. The van der Waals surface area contributed by atoms with Crippen LogP contribution in [0.15, 0.2) is 18.2 Å². The lowest BCUT2D eigenvalue weighted by molar-refractivity contribution is 0.589. The van der Waals surface area contributed by atoms with Crippen molar-refractivity contribution in [1.29, 1.82) is 0 Å². The average Bonchev–Trinajstić information content (AvgIpc) is 2.39. The Labute approximate surface area is 104 Å². The highest BCUT2D eigenvalue weighted by molar-refractivity contribution is 5.62. The van der Waals surface area contributed by atoms with Gasteiger partial charge < -0.3 is 10.2 Å². The number of hydrogen-bond acceptors (Lipinski definition) is 2. The number of terminal acetylenes is 1. The summed E-state index contributed by atoms with van der Waals surface area (Å²) in [5.41, 5.74) is 3.55. The molecule has 1 fully saturated rings. The Kier molecular flexibility index (Phi) is 3.71. The van der Waals surface area contributed by atoms with Crippen molar-refractivity contribution in [3.05, 3.63) is 29.3 Å². The van der Waals surface area contributed by atoms with Crippen molar-refractivity contribution in [2.24, 2.45) is 0 Å². The molecule has 0 bridgehead atoms. The first-order valence-electron chi connectivity index (χ1n) is 6.28. The van der Waals surface area contributed by atoms with Crippen LogP contribution in [0.5, 0.6) is 0 Å². The number of benzene rings is 1. The van der Waals surface area contributed by atoms with E-state index in [4.69, 9.17) is 6.42 Å². The molecule has 17 heavy (non-hydrogen) atoms. The van der Waals surface area contributed by atoms with Crippen molar-refractivity contribution in [3.8, 4) is 12.3 Å². The van der Waals surface area contributed by atoms with Gasteiger partial charge >= 0.3 is 0 Å². The van der Waals surface area contributed by atoms with Gasteiger partial charge in [-0.2, -0.15) is 0 Å². The molecule has 1 aromatic carbocycles. The summed E-state index contributed by atoms with van der Waals surface area (Å²) in [5.74, 6) is 3.35. The van der Waals surface area contributed by atoms with Crippen LogP contribution in [0.25, 0.3) is 0 Å². The minimum Gasteiger partial charge on any atom is -0.368 e. The van der Waals surface area contributed by atoms with Gasteiger partial charge in [0, 0.05) is 31.7 Å². The van der Waals surface area contributed by atoms with Crippen molar-refractivity contribution >= 4 is 5.69 Å². The van der Waals surface area contributed by atoms with E-state index < -0.39 is 0 Å². The SMILES string of the molecule is C#Cc1cc(C(C)C)ccc1N1CCNCC1. The molecule has 1 saturated heterocycles. The van der Waals surface area contributed by atoms with E-state index in [1.54, 1.807) is 0 Å². The van der Waals surface area contributed by atoms with E-state index in [9.17, 15) is 0 Å². The van der Waals surface area contributed by atoms with Gasteiger partial charge in [-0.3, -0.25) is 0 Å². The number of hydrogen-bond donors (Lipinski definition) is 1. The van der Waals surface area contributed by atoms with Crippen LogP contribution in [-0.2, 0) is 0 Å². The highest BCUT2D eigenvalue weighted by Gasteiger charge is 2.14. The Morgan fingerprint density at radius 2 is 2.00 bits per heavy atom. The van der Waals surface area contributed by atoms with Crippen LogP contribution in [-0.4, -0.2) is 26.2 Å². The zero-order chi connectivity index (χ0) is 12.3. The smallest absolute Gasteiger partial charge is 0.0526 e. The third-order valence-electron chi connectivity index (χ3n) is 3.30. The molecule has 0 radical (unpaired) electrons. The zero-order valence-corrected chi connectivity index (χ0v) is 10.7.